The lowest BCUT2D eigenvalue weighted by atomic mass is 10.1. The van der Waals surface area contributed by atoms with Crippen LogP contribution < -0.4 is 0 Å². The number of hydrogen-bond donors (Lipinski definition) is 1. The third kappa shape index (κ3) is 1.27. The number of methoxy groups -OCH3 is 1. The van der Waals surface area contributed by atoms with Gasteiger partial charge in [-0.1, -0.05) is 0 Å². The fourth-order valence-corrected chi connectivity index (χ4v) is 1.55. The zero-order chi connectivity index (χ0) is 9.42. The van der Waals surface area contributed by atoms with Crippen LogP contribution in [-0.2, 0) is 18.9 Å². The molecular weight excluding hydrogens is 180 g/mol. The summed E-state index contributed by atoms with van der Waals surface area (Å²) in [4.78, 5) is 10.7. The molecule has 0 spiro atoms. The van der Waals surface area contributed by atoms with Crippen LogP contribution in [0.3, 0.4) is 0 Å². The van der Waals surface area contributed by atoms with E-state index in [9.17, 15) is 4.79 Å². The molecule has 1 N–H and O–H groups in total. The highest BCUT2D eigenvalue weighted by Gasteiger charge is 2.54. The molecule has 6 nitrogen and oxygen atoms in total. The largest absolute Gasteiger partial charge is 0.509 e. The summed E-state index contributed by atoms with van der Waals surface area (Å²) >= 11 is 0. The molecule has 2 aliphatic heterocycles. The highest BCUT2D eigenvalue weighted by molar-refractivity contribution is 5.63. The number of carbonyl (C=O) groups is 1. The van der Waals surface area contributed by atoms with Gasteiger partial charge in [0.2, 0.25) is 0 Å². The summed E-state index contributed by atoms with van der Waals surface area (Å²) < 4.78 is 19.7. The van der Waals surface area contributed by atoms with Crippen molar-refractivity contribution >= 4 is 6.16 Å². The van der Waals surface area contributed by atoms with Gasteiger partial charge in [-0.15, -0.1) is 0 Å². The normalized spacial score (nSPS) is 42.8. The Morgan fingerprint density at radius 3 is 2.77 bits per heavy atom. The number of aliphatic hydroxyl groups is 1. The predicted molar refractivity (Wildman–Crippen MR) is 37.9 cm³/mol. The number of fused-ring (bicyclic) bond motifs is 1. The molecule has 0 saturated carbocycles. The highest BCUT2D eigenvalue weighted by atomic mass is 16.8. The average Bonchev–Trinajstić information content (AvgIpc) is 2.61. The minimum Gasteiger partial charge on any atom is -0.424 e. The van der Waals surface area contributed by atoms with Crippen molar-refractivity contribution in [2.45, 2.75) is 24.6 Å². The van der Waals surface area contributed by atoms with Gasteiger partial charge in [-0.25, -0.2) is 4.79 Å². The Morgan fingerprint density at radius 1 is 1.46 bits per heavy atom. The lowest BCUT2D eigenvalue weighted by Crippen LogP contribution is -2.31. The minimum absolute atomic E-state index is 0.225. The van der Waals surface area contributed by atoms with Gasteiger partial charge in [-0.2, -0.15) is 0 Å². The van der Waals surface area contributed by atoms with Crippen molar-refractivity contribution in [2.24, 2.45) is 0 Å². The van der Waals surface area contributed by atoms with Crippen LogP contribution in [0, 0.1) is 0 Å². The molecule has 2 aliphatic rings. The van der Waals surface area contributed by atoms with E-state index >= 15 is 0 Å². The van der Waals surface area contributed by atoms with E-state index in [1.165, 1.54) is 7.11 Å². The summed E-state index contributed by atoms with van der Waals surface area (Å²) in [5, 5.41) is 8.89. The van der Waals surface area contributed by atoms with Gasteiger partial charge in [0.1, 0.15) is 6.10 Å². The minimum atomic E-state index is -0.737. The quantitative estimate of drug-likeness (QED) is 0.578. The molecule has 0 aromatic heterocycles. The maximum absolute atomic E-state index is 10.7. The lowest BCUT2D eigenvalue weighted by molar-refractivity contribution is -0.157. The molecule has 0 aliphatic carbocycles. The van der Waals surface area contributed by atoms with Crippen LogP contribution in [-0.4, -0.2) is 49.6 Å². The molecule has 0 aromatic carbocycles. The standard InChI is InChI=1S/C7H10O6/c1-10-6-5-4(3(2-8)11-6)12-7(9)13-5/h3-6,8H,2H2,1H3/t3-,4-,5-,6+/m1/s1. The zero-order valence-corrected chi connectivity index (χ0v) is 7.00. The summed E-state index contributed by atoms with van der Waals surface area (Å²) in [6.45, 7) is -0.225. The molecule has 13 heavy (non-hydrogen) atoms. The lowest BCUT2D eigenvalue weighted by Gasteiger charge is -2.12. The number of ether oxygens (including phenoxy) is 4. The molecule has 2 saturated heterocycles. The Kier molecular flexibility index (Phi) is 2.10. The van der Waals surface area contributed by atoms with Crippen molar-refractivity contribution in [3.8, 4) is 0 Å². The van der Waals surface area contributed by atoms with E-state index in [1.54, 1.807) is 0 Å². The van der Waals surface area contributed by atoms with Crippen LogP contribution in [0.25, 0.3) is 0 Å². The molecule has 74 valence electrons. The molecule has 4 atom stereocenters. The fraction of sp³-hybridized carbons (Fsp3) is 0.857. The van der Waals surface area contributed by atoms with Crippen LogP contribution in [0.15, 0.2) is 0 Å². The van der Waals surface area contributed by atoms with Crippen LogP contribution >= 0.6 is 0 Å². The van der Waals surface area contributed by atoms with Crippen molar-refractivity contribution in [2.75, 3.05) is 13.7 Å². The van der Waals surface area contributed by atoms with Crippen molar-refractivity contribution < 1.29 is 28.8 Å². The Bertz CT molecular complexity index is 197. The molecule has 0 amide bonds. The van der Waals surface area contributed by atoms with Crippen LogP contribution in [0.5, 0.6) is 0 Å². The van der Waals surface area contributed by atoms with Crippen LogP contribution in [0.2, 0.25) is 0 Å². The van der Waals surface area contributed by atoms with Gasteiger partial charge in [0.25, 0.3) is 0 Å². The topological polar surface area (TPSA) is 74.2 Å². The maximum atomic E-state index is 10.7. The first-order chi connectivity index (χ1) is 6.26. The Morgan fingerprint density at radius 2 is 2.15 bits per heavy atom. The summed E-state index contributed by atoms with van der Waals surface area (Å²) in [6.07, 6.45) is -3.05. The molecule has 2 rings (SSSR count). The molecule has 0 bridgehead atoms. The summed E-state index contributed by atoms with van der Waals surface area (Å²) in [7, 11) is 1.44. The summed E-state index contributed by atoms with van der Waals surface area (Å²) in [6, 6.07) is 0. The maximum Gasteiger partial charge on any atom is 0.509 e. The predicted octanol–water partition coefficient (Wildman–Crippen LogP) is -0.746. The van der Waals surface area contributed by atoms with Crippen molar-refractivity contribution in [1.29, 1.82) is 0 Å². The second-order valence-corrected chi connectivity index (χ2v) is 2.88. The van der Waals surface area contributed by atoms with E-state index in [2.05, 4.69) is 0 Å². The van der Waals surface area contributed by atoms with Gasteiger partial charge >= 0.3 is 6.16 Å². The van der Waals surface area contributed by atoms with E-state index in [0.717, 1.165) is 0 Å². The smallest absolute Gasteiger partial charge is 0.424 e. The first-order valence-electron chi connectivity index (χ1n) is 3.92. The van der Waals surface area contributed by atoms with Crippen LogP contribution in [0.4, 0.5) is 4.79 Å². The molecule has 0 aromatic rings. The van der Waals surface area contributed by atoms with Gasteiger partial charge in [-0.3, -0.25) is 0 Å². The molecular formula is C7H10O6. The highest BCUT2D eigenvalue weighted by Crippen LogP contribution is 2.31. The third-order valence-electron chi connectivity index (χ3n) is 2.14. The molecule has 6 heteroatoms. The van der Waals surface area contributed by atoms with E-state index in [1.807, 2.05) is 0 Å². The number of hydrogen-bond acceptors (Lipinski definition) is 6. The SMILES string of the molecule is CO[C@H]1O[C@H](CO)[C@H]2OC(=O)O[C@@H]12. The van der Waals surface area contributed by atoms with Crippen LogP contribution in [0.1, 0.15) is 0 Å². The summed E-state index contributed by atoms with van der Waals surface area (Å²) in [5.41, 5.74) is 0. The average molecular weight is 190 g/mol. The third-order valence-corrected chi connectivity index (χ3v) is 2.14. The van der Waals surface area contributed by atoms with Crippen molar-refractivity contribution in [3.63, 3.8) is 0 Å². The van der Waals surface area contributed by atoms with Gasteiger partial charge in [0.05, 0.1) is 6.61 Å². The molecule has 2 heterocycles. The molecule has 0 radical (unpaired) electrons. The van der Waals surface area contributed by atoms with Gasteiger partial charge in [0.15, 0.2) is 18.5 Å². The molecule has 0 unspecified atom stereocenters. The van der Waals surface area contributed by atoms with Gasteiger partial charge in [-0.05, 0) is 0 Å². The monoisotopic (exact) mass is 190 g/mol. The number of rotatable bonds is 2. The number of carbonyl (C=O) groups excluding carboxylic acids is 1. The van der Waals surface area contributed by atoms with Crippen molar-refractivity contribution in [3.05, 3.63) is 0 Å². The van der Waals surface area contributed by atoms with Crippen molar-refractivity contribution in [1.82, 2.24) is 0 Å². The zero-order valence-electron chi connectivity index (χ0n) is 7.00. The van der Waals surface area contributed by atoms with E-state index in [4.69, 9.17) is 24.1 Å². The second kappa shape index (κ2) is 3.13. The Labute approximate surface area is 74.3 Å². The molecule has 2 fully saturated rings. The number of aliphatic hydroxyl groups excluding tert-OH is 1. The fourth-order valence-electron chi connectivity index (χ4n) is 1.55. The first-order valence-corrected chi connectivity index (χ1v) is 3.92. The summed E-state index contributed by atoms with van der Waals surface area (Å²) in [5.74, 6) is 0. The second-order valence-electron chi connectivity index (χ2n) is 2.88. The van der Waals surface area contributed by atoms with Gasteiger partial charge in [0, 0.05) is 7.11 Å². The van der Waals surface area contributed by atoms with E-state index in [-0.39, 0.29) is 6.61 Å². The Hall–Kier alpha value is -0.850. The van der Waals surface area contributed by atoms with Gasteiger partial charge < -0.3 is 24.1 Å². The Balaban J connectivity index is 2.11. The first kappa shape index (κ1) is 8.74. The van der Waals surface area contributed by atoms with E-state index < -0.39 is 30.8 Å². The van der Waals surface area contributed by atoms with E-state index in [0.29, 0.717) is 0 Å².